The summed E-state index contributed by atoms with van der Waals surface area (Å²) in [6.45, 7) is 4.09. The highest BCUT2D eigenvalue weighted by molar-refractivity contribution is 7.99. The van der Waals surface area contributed by atoms with Crippen LogP contribution in [0.5, 0.6) is 0 Å². The topological polar surface area (TPSA) is 69.9 Å². The third-order valence-electron chi connectivity index (χ3n) is 1.71. The summed E-state index contributed by atoms with van der Waals surface area (Å²) in [6.07, 6.45) is 2.07. The predicted octanol–water partition coefficient (Wildman–Crippen LogP) is 0.904. The fraction of sp³-hybridized carbons (Fsp3) is 0.556. The van der Waals surface area contributed by atoms with Crippen molar-refractivity contribution in [3.05, 3.63) is 11.6 Å². The van der Waals surface area contributed by atoms with E-state index < -0.39 is 0 Å². The number of carbonyl (C=O) groups is 1. The monoisotopic (exact) mass is 242 g/mol. The quantitative estimate of drug-likeness (QED) is 0.434. The zero-order chi connectivity index (χ0) is 12.0. The number of allylic oxidation sites excluding steroid dienone is 1. The minimum absolute atomic E-state index is 0.0423. The van der Waals surface area contributed by atoms with Crippen LogP contribution in [0.2, 0.25) is 0 Å². The Kier molecular flexibility index (Phi) is 4.97. The summed E-state index contributed by atoms with van der Waals surface area (Å²) in [5, 5.41) is 11.7. The average Bonchev–Trinajstić information content (AvgIpc) is 2.65. The summed E-state index contributed by atoms with van der Waals surface area (Å²) in [4.78, 5) is 11.1. The molecular formula is C9H14N4O2S. The van der Waals surface area contributed by atoms with Gasteiger partial charge in [-0.15, -0.1) is 5.10 Å². The molecule has 0 amide bonds. The van der Waals surface area contributed by atoms with Gasteiger partial charge >= 0.3 is 5.97 Å². The molecule has 0 spiro atoms. The number of rotatable bonds is 5. The highest BCUT2D eigenvalue weighted by Crippen LogP contribution is 2.14. The normalized spacial score (nSPS) is 9.94. The molecule has 0 unspecified atom stereocenters. The molecule has 1 rings (SSSR count). The van der Waals surface area contributed by atoms with Crippen LogP contribution in [-0.4, -0.2) is 39.0 Å². The molecule has 0 atom stereocenters. The van der Waals surface area contributed by atoms with Crippen LogP contribution in [-0.2, 0) is 16.1 Å². The second-order valence-electron chi connectivity index (χ2n) is 3.29. The standard InChI is InChI=1S/C9H14N4O2S/c1-7(2)4-5-16-9-10-11-12-13(9)6-8(14)15-3/h4H,5-6H2,1-3H3. The number of carbonyl (C=O) groups excluding carboxylic acids is 1. The Balaban J connectivity index is 2.57. The van der Waals surface area contributed by atoms with Gasteiger partial charge in [-0.2, -0.15) is 0 Å². The third kappa shape index (κ3) is 4.01. The minimum atomic E-state index is -0.364. The zero-order valence-corrected chi connectivity index (χ0v) is 10.3. The van der Waals surface area contributed by atoms with Crippen molar-refractivity contribution in [3.8, 4) is 0 Å². The van der Waals surface area contributed by atoms with E-state index in [0.29, 0.717) is 5.16 Å². The molecule has 0 bridgehead atoms. The van der Waals surface area contributed by atoms with E-state index in [1.54, 1.807) is 0 Å². The highest BCUT2D eigenvalue weighted by Gasteiger charge is 2.10. The number of thioether (sulfide) groups is 1. The molecule has 1 heterocycles. The van der Waals surface area contributed by atoms with Gasteiger partial charge in [0, 0.05) is 5.75 Å². The molecule has 0 saturated carbocycles. The van der Waals surface area contributed by atoms with Gasteiger partial charge in [0.25, 0.3) is 0 Å². The second-order valence-corrected chi connectivity index (χ2v) is 4.27. The van der Waals surface area contributed by atoms with Crippen LogP contribution in [0.3, 0.4) is 0 Å². The predicted molar refractivity (Wildman–Crippen MR) is 60.0 cm³/mol. The molecule has 0 saturated heterocycles. The summed E-state index contributed by atoms with van der Waals surface area (Å²) in [5.74, 6) is 0.417. The van der Waals surface area contributed by atoms with Crippen molar-refractivity contribution in [2.75, 3.05) is 12.9 Å². The maximum Gasteiger partial charge on any atom is 0.327 e. The number of nitrogens with zero attached hydrogens (tertiary/aromatic N) is 4. The molecule has 6 nitrogen and oxygen atoms in total. The van der Waals surface area contributed by atoms with Gasteiger partial charge in [-0.1, -0.05) is 23.4 Å². The van der Waals surface area contributed by atoms with E-state index in [9.17, 15) is 4.79 Å². The van der Waals surface area contributed by atoms with E-state index in [4.69, 9.17) is 0 Å². The minimum Gasteiger partial charge on any atom is -0.468 e. The fourth-order valence-corrected chi connectivity index (χ4v) is 1.78. The third-order valence-corrected chi connectivity index (χ3v) is 2.59. The van der Waals surface area contributed by atoms with E-state index >= 15 is 0 Å². The lowest BCUT2D eigenvalue weighted by atomic mass is 10.3. The molecule has 0 aliphatic rings. The average molecular weight is 242 g/mol. The Hall–Kier alpha value is -1.37. The molecule has 1 aromatic heterocycles. The molecule has 0 fully saturated rings. The highest BCUT2D eigenvalue weighted by atomic mass is 32.2. The van der Waals surface area contributed by atoms with Crippen LogP contribution in [0.1, 0.15) is 13.8 Å². The number of hydrogen-bond donors (Lipinski definition) is 0. The smallest absolute Gasteiger partial charge is 0.327 e. The van der Waals surface area contributed by atoms with Crippen LogP contribution in [0.25, 0.3) is 0 Å². The number of methoxy groups -OCH3 is 1. The van der Waals surface area contributed by atoms with E-state index in [0.717, 1.165) is 5.75 Å². The number of aromatic nitrogens is 4. The van der Waals surface area contributed by atoms with Crippen molar-refractivity contribution in [1.29, 1.82) is 0 Å². The largest absolute Gasteiger partial charge is 0.468 e. The SMILES string of the molecule is COC(=O)Cn1nnnc1SCC=C(C)C. The molecule has 7 heteroatoms. The molecule has 1 aromatic rings. The number of tetrazole rings is 1. The summed E-state index contributed by atoms with van der Waals surface area (Å²) >= 11 is 1.48. The summed E-state index contributed by atoms with van der Waals surface area (Å²) in [7, 11) is 1.34. The molecule has 0 aromatic carbocycles. The van der Waals surface area contributed by atoms with Crippen molar-refractivity contribution in [2.24, 2.45) is 0 Å². The Bertz CT molecular complexity index is 385. The number of esters is 1. The van der Waals surface area contributed by atoms with Crippen molar-refractivity contribution in [3.63, 3.8) is 0 Å². The number of ether oxygens (including phenoxy) is 1. The maximum atomic E-state index is 11.1. The Labute approximate surface area is 98.0 Å². The van der Waals surface area contributed by atoms with Gasteiger partial charge in [-0.25, -0.2) is 4.68 Å². The van der Waals surface area contributed by atoms with E-state index in [1.807, 2.05) is 13.8 Å². The van der Waals surface area contributed by atoms with Crippen LogP contribution >= 0.6 is 11.8 Å². The molecule has 0 radical (unpaired) electrons. The van der Waals surface area contributed by atoms with Gasteiger partial charge in [-0.05, 0) is 24.3 Å². The molecular weight excluding hydrogens is 228 g/mol. The van der Waals surface area contributed by atoms with Gasteiger partial charge in [-0.3, -0.25) is 4.79 Å². The first-order chi connectivity index (χ1) is 7.63. The van der Waals surface area contributed by atoms with Crippen molar-refractivity contribution in [1.82, 2.24) is 20.2 Å². The molecule has 0 aliphatic carbocycles. The Morgan fingerprint density at radius 2 is 2.31 bits per heavy atom. The van der Waals surface area contributed by atoms with Gasteiger partial charge in [0.15, 0.2) is 0 Å². The van der Waals surface area contributed by atoms with E-state index in [1.165, 1.54) is 29.1 Å². The first-order valence-electron chi connectivity index (χ1n) is 4.72. The Morgan fingerprint density at radius 3 is 2.94 bits per heavy atom. The number of hydrogen-bond acceptors (Lipinski definition) is 6. The van der Waals surface area contributed by atoms with Crippen molar-refractivity contribution >= 4 is 17.7 Å². The lowest BCUT2D eigenvalue weighted by Crippen LogP contribution is -2.13. The molecule has 0 aliphatic heterocycles. The summed E-state index contributed by atoms with van der Waals surface area (Å²) < 4.78 is 5.97. The van der Waals surface area contributed by atoms with Crippen LogP contribution < -0.4 is 0 Å². The summed E-state index contributed by atoms with van der Waals surface area (Å²) in [6, 6.07) is 0. The second kappa shape index (κ2) is 6.26. The van der Waals surface area contributed by atoms with Crippen LogP contribution in [0, 0.1) is 0 Å². The van der Waals surface area contributed by atoms with Gasteiger partial charge in [0.05, 0.1) is 7.11 Å². The van der Waals surface area contributed by atoms with E-state index in [-0.39, 0.29) is 12.5 Å². The molecule has 0 N–H and O–H groups in total. The van der Waals surface area contributed by atoms with Crippen LogP contribution in [0.4, 0.5) is 0 Å². The molecule has 88 valence electrons. The lowest BCUT2D eigenvalue weighted by molar-refractivity contribution is -0.141. The first-order valence-corrected chi connectivity index (χ1v) is 5.71. The van der Waals surface area contributed by atoms with Gasteiger partial charge in [0.2, 0.25) is 5.16 Å². The van der Waals surface area contributed by atoms with Gasteiger partial charge in [0.1, 0.15) is 6.54 Å². The first kappa shape index (κ1) is 12.7. The van der Waals surface area contributed by atoms with Crippen molar-refractivity contribution in [2.45, 2.75) is 25.5 Å². The zero-order valence-electron chi connectivity index (χ0n) is 9.51. The van der Waals surface area contributed by atoms with Crippen molar-refractivity contribution < 1.29 is 9.53 Å². The summed E-state index contributed by atoms with van der Waals surface area (Å²) in [5.41, 5.74) is 1.24. The molecule has 16 heavy (non-hydrogen) atoms. The Morgan fingerprint density at radius 1 is 1.56 bits per heavy atom. The van der Waals surface area contributed by atoms with Crippen LogP contribution in [0.15, 0.2) is 16.8 Å². The maximum absolute atomic E-state index is 11.1. The fourth-order valence-electron chi connectivity index (χ4n) is 0.869. The lowest BCUT2D eigenvalue weighted by Gasteiger charge is -2.01. The van der Waals surface area contributed by atoms with Gasteiger partial charge < -0.3 is 4.74 Å². The van der Waals surface area contributed by atoms with E-state index in [2.05, 4.69) is 26.3 Å².